The topological polar surface area (TPSA) is 109 Å². The zero-order valence-corrected chi connectivity index (χ0v) is 22.5. The van der Waals surface area contributed by atoms with Crippen molar-refractivity contribution in [3.8, 4) is 0 Å². The van der Waals surface area contributed by atoms with Crippen molar-refractivity contribution in [2.75, 3.05) is 0 Å². The van der Waals surface area contributed by atoms with Gasteiger partial charge in [-0.1, -0.05) is 47.3 Å². The molecular weight excluding hydrogens is 519 g/mol. The maximum absolute atomic E-state index is 13.8. The zero-order valence-electron chi connectivity index (χ0n) is 21.7. The number of allylic oxidation sites excluding steroid dienone is 5. The number of hydrogen-bond donors (Lipinski definition) is 1. The van der Waals surface area contributed by atoms with E-state index in [-0.39, 0.29) is 31.2 Å². The van der Waals surface area contributed by atoms with Crippen LogP contribution in [0.5, 0.6) is 0 Å². The van der Waals surface area contributed by atoms with Gasteiger partial charge in [-0.05, 0) is 44.1 Å². The summed E-state index contributed by atoms with van der Waals surface area (Å²) in [6.45, 7) is 1.91. The zero-order chi connectivity index (χ0) is 27.6. The minimum Gasteiger partial charge on any atom is -0.481 e. The van der Waals surface area contributed by atoms with E-state index in [4.69, 9.17) is 14.6 Å². The van der Waals surface area contributed by atoms with Crippen molar-refractivity contribution in [2.45, 2.75) is 68.4 Å². The summed E-state index contributed by atoms with van der Waals surface area (Å²) >= 11 is 1.55. The largest absolute Gasteiger partial charge is 0.481 e. The molecule has 2 aromatic heterocycles. The van der Waals surface area contributed by atoms with E-state index in [0.29, 0.717) is 48.0 Å². The second kappa shape index (κ2) is 13.8. The number of aliphatic imine (C=N–C) groups is 1. The molecule has 1 aliphatic heterocycles. The molecule has 2 aromatic rings. The minimum absolute atomic E-state index is 0.0445. The number of hydrogen-bond acceptors (Lipinski definition) is 7. The standard InChI is InChI=1S/C29H31FN4O4S/c1-20-17-21(25-18-24(38-33-25)19-39-27-9-4-5-16-31-27)7-6-10-28(35)34(23-14-12-22(30)13-15-23)26(32-20)8-2-3-11-29(36)37/h4-7,9,12,14-18,20,22H,2-3,8,10-11,13,19H2,1H3,(H,36,37). The number of thioether (sulfide) groups is 1. The fraction of sp³-hybridized carbons (Fsp3) is 0.345. The van der Waals surface area contributed by atoms with E-state index in [1.807, 2.05) is 43.3 Å². The monoisotopic (exact) mass is 550 g/mol. The van der Waals surface area contributed by atoms with Crippen LogP contribution >= 0.6 is 11.8 Å². The molecule has 8 nitrogen and oxygen atoms in total. The van der Waals surface area contributed by atoms with E-state index < -0.39 is 12.1 Å². The van der Waals surface area contributed by atoms with Crippen molar-refractivity contribution in [1.82, 2.24) is 15.0 Å². The molecule has 0 spiro atoms. The number of halogens is 1. The maximum atomic E-state index is 13.8. The number of carboxylic acid groups (broad SMARTS) is 1. The molecule has 0 saturated carbocycles. The number of amidine groups is 1. The van der Waals surface area contributed by atoms with Gasteiger partial charge in [0.15, 0.2) is 0 Å². The van der Waals surface area contributed by atoms with Crippen molar-refractivity contribution < 1.29 is 23.6 Å². The van der Waals surface area contributed by atoms with Gasteiger partial charge in [-0.3, -0.25) is 19.5 Å². The summed E-state index contributed by atoms with van der Waals surface area (Å²) in [5, 5.41) is 14.1. The molecule has 39 heavy (non-hydrogen) atoms. The second-order valence-corrected chi connectivity index (χ2v) is 10.2. The number of carboxylic acids is 1. The summed E-state index contributed by atoms with van der Waals surface area (Å²) in [6.07, 6.45) is 12.8. The highest BCUT2D eigenvalue weighted by Gasteiger charge is 2.25. The van der Waals surface area contributed by atoms with Gasteiger partial charge in [0.05, 0.1) is 16.8 Å². The van der Waals surface area contributed by atoms with Crippen LogP contribution in [0.4, 0.5) is 4.39 Å². The Labute approximate surface area is 231 Å². The van der Waals surface area contributed by atoms with Gasteiger partial charge >= 0.3 is 5.97 Å². The molecule has 1 N–H and O–H groups in total. The van der Waals surface area contributed by atoms with Gasteiger partial charge in [-0.2, -0.15) is 0 Å². The Bertz CT molecular complexity index is 1320. The average Bonchev–Trinajstić information content (AvgIpc) is 3.40. The SMILES string of the molecule is CC1C=C(c2cc(CSc3ccccn3)on2)C=CCC(=O)N(C2=CCC(F)C=C2)C(CCCCC(=O)O)=N1. The summed E-state index contributed by atoms with van der Waals surface area (Å²) < 4.78 is 19.3. The Morgan fingerprint density at radius 3 is 2.90 bits per heavy atom. The molecule has 0 bridgehead atoms. The smallest absolute Gasteiger partial charge is 0.303 e. The predicted octanol–water partition coefficient (Wildman–Crippen LogP) is 6.15. The first-order valence-corrected chi connectivity index (χ1v) is 13.9. The Balaban J connectivity index is 1.57. The summed E-state index contributed by atoms with van der Waals surface area (Å²) in [6, 6.07) is 7.29. The molecular formula is C29H31FN4O4S. The van der Waals surface area contributed by atoms with Crippen LogP contribution in [0.2, 0.25) is 0 Å². The molecule has 0 aromatic carbocycles. The molecule has 1 aliphatic carbocycles. The highest BCUT2D eigenvalue weighted by atomic mass is 32.2. The predicted molar refractivity (Wildman–Crippen MR) is 149 cm³/mol. The molecule has 0 saturated heterocycles. The van der Waals surface area contributed by atoms with Crippen LogP contribution in [-0.4, -0.2) is 50.1 Å². The van der Waals surface area contributed by atoms with Crippen molar-refractivity contribution in [2.24, 2.45) is 4.99 Å². The minimum atomic E-state index is -1.08. The molecule has 2 unspecified atom stereocenters. The number of unbranched alkanes of at least 4 members (excludes halogenated alkanes) is 1. The van der Waals surface area contributed by atoms with Gasteiger partial charge in [0.2, 0.25) is 5.91 Å². The lowest BCUT2D eigenvalue weighted by molar-refractivity contribution is -0.137. The van der Waals surface area contributed by atoms with E-state index in [1.54, 1.807) is 41.1 Å². The van der Waals surface area contributed by atoms with Crippen LogP contribution in [0.25, 0.3) is 5.57 Å². The summed E-state index contributed by atoms with van der Waals surface area (Å²) in [5.74, 6) is 0.749. The quantitative estimate of drug-likeness (QED) is 0.279. The van der Waals surface area contributed by atoms with E-state index in [9.17, 15) is 14.0 Å². The Hall–Kier alpha value is -3.79. The number of rotatable bonds is 10. The van der Waals surface area contributed by atoms with Crippen LogP contribution < -0.4 is 0 Å². The highest BCUT2D eigenvalue weighted by Crippen LogP contribution is 2.26. The van der Waals surface area contributed by atoms with Crippen LogP contribution in [-0.2, 0) is 15.3 Å². The number of pyridine rings is 1. The number of alkyl halides is 1. The van der Waals surface area contributed by atoms with E-state index in [0.717, 1.165) is 10.6 Å². The third-order valence-electron chi connectivity index (χ3n) is 6.05. The van der Waals surface area contributed by atoms with E-state index in [1.165, 1.54) is 6.08 Å². The van der Waals surface area contributed by atoms with E-state index >= 15 is 0 Å². The first-order valence-electron chi connectivity index (χ1n) is 12.9. The van der Waals surface area contributed by atoms with Crippen molar-refractivity contribution in [1.29, 1.82) is 0 Å². The van der Waals surface area contributed by atoms with Crippen LogP contribution in [0.15, 0.2) is 87.2 Å². The van der Waals surface area contributed by atoms with E-state index in [2.05, 4.69) is 10.1 Å². The second-order valence-electron chi connectivity index (χ2n) is 9.22. The van der Waals surface area contributed by atoms with Gasteiger partial charge < -0.3 is 9.63 Å². The van der Waals surface area contributed by atoms with Crippen molar-refractivity contribution >= 4 is 35.0 Å². The first-order chi connectivity index (χ1) is 18.9. The lowest BCUT2D eigenvalue weighted by atomic mass is 10.1. The van der Waals surface area contributed by atoms with Gasteiger partial charge in [-0.25, -0.2) is 9.37 Å². The third kappa shape index (κ3) is 8.35. The van der Waals surface area contributed by atoms with Crippen LogP contribution in [0.3, 0.4) is 0 Å². The number of aliphatic carboxylic acids is 1. The molecule has 1 amide bonds. The fourth-order valence-electron chi connectivity index (χ4n) is 4.21. The van der Waals surface area contributed by atoms with Gasteiger partial charge in [0, 0.05) is 49.2 Å². The molecule has 0 radical (unpaired) electrons. The molecule has 2 atom stereocenters. The molecule has 2 aliphatic rings. The molecule has 10 heteroatoms. The molecule has 204 valence electrons. The van der Waals surface area contributed by atoms with Crippen molar-refractivity contribution in [3.63, 3.8) is 0 Å². The Kier molecular flexibility index (Phi) is 10.0. The summed E-state index contributed by atoms with van der Waals surface area (Å²) in [7, 11) is 0. The summed E-state index contributed by atoms with van der Waals surface area (Å²) in [4.78, 5) is 35.1. The van der Waals surface area contributed by atoms with Crippen molar-refractivity contribution in [3.05, 3.63) is 84.1 Å². The lowest BCUT2D eigenvalue weighted by Crippen LogP contribution is -2.37. The number of amides is 1. The van der Waals surface area contributed by atoms with Gasteiger partial charge in [0.25, 0.3) is 0 Å². The molecule has 4 rings (SSSR count). The van der Waals surface area contributed by atoms with Crippen LogP contribution in [0, 0.1) is 0 Å². The number of nitrogens with zero attached hydrogens (tertiary/aromatic N) is 4. The maximum Gasteiger partial charge on any atom is 0.303 e. The molecule has 3 heterocycles. The van der Waals surface area contributed by atoms with Gasteiger partial charge in [-0.15, -0.1) is 0 Å². The van der Waals surface area contributed by atoms with Gasteiger partial charge in [0.1, 0.15) is 23.5 Å². The lowest BCUT2D eigenvalue weighted by Gasteiger charge is -2.28. The fourth-order valence-corrected chi connectivity index (χ4v) is 4.95. The Morgan fingerprint density at radius 2 is 2.15 bits per heavy atom. The number of carbonyl (C=O) groups is 2. The Morgan fingerprint density at radius 1 is 1.28 bits per heavy atom. The normalized spacial score (nSPS) is 19.9. The number of carbonyl (C=O) groups excluding carboxylic acids is 1. The molecule has 0 fully saturated rings. The summed E-state index contributed by atoms with van der Waals surface area (Å²) in [5.41, 5.74) is 2.01. The third-order valence-corrected chi connectivity index (χ3v) is 7.02. The number of aromatic nitrogens is 2. The average molecular weight is 551 g/mol. The first kappa shape index (κ1) is 28.2. The highest BCUT2D eigenvalue weighted by molar-refractivity contribution is 7.98. The van der Waals surface area contributed by atoms with Crippen LogP contribution in [0.1, 0.15) is 56.9 Å².